The van der Waals surface area contributed by atoms with Gasteiger partial charge in [0.05, 0.1) is 12.5 Å². The molecule has 4 atom stereocenters. The maximum atomic E-state index is 11.5. The molecular weight excluding hydrogens is 162 g/mol. The van der Waals surface area contributed by atoms with E-state index in [0.717, 1.165) is 11.8 Å². The Morgan fingerprint density at radius 3 is 2.46 bits per heavy atom. The van der Waals surface area contributed by atoms with E-state index in [9.17, 15) is 4.79 Å². The second kappa shape index (κ2) is 2.35. The molecule has 3 rings (SSSR count). The molecule has 0 aromatic rings. The predicted octanol–water partition coefficient (Wildman–Crippen LogP) is 1.76. The maximum Gasteiger partial charge on any atom is 0.150 e. The Hall–Kier alpha value is -0.840. The number of rotatable bonds is 2. The summed E-state index contributed by atoms with van der Waals surface area (Å²) in [4.78, 5) is 11.5. The minimum absolute atomic E-state index is 0.150. The van der Waals surface area contributed by atoms with E-state index in [1.807, 2.05) is 6.07 Å². The largest absolute Gasteiger partial charge is 0.298 e. The van der Waals surface area contributed by atoms with Crippen molar-refractivity contribution in [3.63, 3.8) is 0 Å². The topological polar surface area (TPSA) is 40.9 Å². The van der Waals surface area contributed by atoms with Crippen LogP contribution in [-0.4, -0.2) is 5.78 Å². The Morgan fingerprint density at radius 1 is 1.31 bits per heavy atom. The molecule has 0 heterocycles. The number of hydrogen-bond acceptors (Lipinski definition) is 2. The van der Waals surface area contributed by atoms with Gasteiger partial charge in [-0.3, -0.25) is 4.79 Å². The number of fused-ring (bicyclic) bond motifs is 5. The summed E-state index contributed by atoms with van der Waals surface area (Å²) in [6.45, 7) is 0. The number of carbonyl (C=O) groups is 1. The van der Waals surface area contributed by atoms with E-state index < -0.39 is 0 Å². The Kier molecular flexibility index (Phi) is 1.36. The lowest BCUT2D eigenvalue weighted by atomic mass is 9.99. The van der Waals surface area contributed by atoms with Crippen molar-refractivity contribution >= 4 is 5.78 Å². The summed E-state index contributed by atoms with van der Waals surface area (Å²) in [5.74, 6) is 3.66. The number of nitrogens with zero attached hydrogens (tertiary/aromatic N) is 1. The summed E-state index contributed by atoms with van der Waals surface area (Å²) < 4.78 is 0. The fourth-order valence-electron chi connectivity index (χ4n) is 3.95. The average Bonchev–Trinajstić information content (AvgIpc) is 2.57. The summed E-state index contributed by atoms with van der Waals surface area (Å²) >= 11 is 0. The van der Waals surface area contributed by atoms with Gasteiger partial charge < -0.3 is 0 Å². The van der Waals surface area contributed by atoms with E-state index in [1.165, 1.54) is 19.3 Å². The van der Waals surface area contributed by atoms with Crippen molar-refractivity contribution < 1.29 is 4.79 Å². The van der Waals surface area contributed by atoms with E-state index in [4.69, 9.17) is 5.26 Å². The van der Waals surface area contributed by atoms with Crippen molar-refractivity contribution in [2.45, 2.75) is 25.7 Å². The molecule has 2 nitrogen and oxygen atoms in total. The number of hydrogen-bond donors (Lipinski definition) is 0. The first-order valence-corrected chi connectivity index (χ1v) is 5.22. The first-order valence-electron chi connectivity index (χ1n) is 5.22. The predicted molar refractivity (Wildman–Crippen MR) is 46.5 cm³/mol. The van der Waals surface area contributed by atoms with Crippen molar-refractivity contribution in [3.05, 3.63) is 0 Å². The normalized spacial score (nSPS) is 49.9. The van der Waals surface area contributed by atoms with Crippen LogP contribution in [0.1, 0.15) is 25.7 Å². The molecule has 0 aromatic heterocycles. The minimum atomic E-state index is 0.150. The van der Waals surface area contributed by atoms with E-state index in [2.05, 4.69) is 0 Å². The molecule has 68 valence electrons. The van der Waals surface area contributed by atoms with Crippen LogP contribution in [0.5, 0.6) is 0 Å². The Bertz CT molecular complexity index is 288. The SMILES string of the molecule is N#CCC(=O)C1C2C3CCC(C3)C12. The summed E-state index contributed by atoms with van der Waals surface area (Å²) in [7, 11) is 0. The first-order chi connectivity index (χ1) is 6.33. The van der Waals surface area contributed by atoms with Crippen molar-refractivity contribution in [2.24, 2.45) is 29.6 Å². The lowest BCUT2D eigenvalue weighted by molar-refractivity contribution is -0.120. The molecular formula is C11H13NO. The van der Waals surface area contributed by atoms with Crippen LogP contribution in [0.15, 0.2) is 0 Å². The molecule has 0 spiro atoms. The molecule has 0 aromatic carbocycles. The summed E-state index contributed by atoms with van der Waals surface area (Å²) in [6.07, 6.45) is 4.23. The average molecular weight is 175 g/mol. The molecule has 13 heavy (non-hydrogen) atoms. The Labute approximate surface area is 77.9 Å². The van der Waals surface area contributed by atoms with Gasteiger partial charge in [0.1, 0.15) is 0 Å². The summed E-state index contributed by atoms with van der Waals surface area (Å²) in [5.41, 5.74) is 0. The smallest absolute Gasteiger partial charge is 0.150 e. The molecule has 0 radical (unpaired) electrons. The van der Waals surface area contributed by atoms with Crippen LogP contribution < -0.4 is 0 Å². The van der Waals surface area contributed by atoms with Crippen LogP contribution in [0.4, 0.5) is 0 Å². The third-order valence-electron chi connectivity index (χ3n) is 4.36. The molecule has 2 bridgehead atoms. The van der Waals surface area contributed by atoms with Crippen molar-refractivity contribution in [2.75, 3.05) is 0 Å². The van der Waals surface area contributed by atoms with Crippen LogP contribution >= 0.6 is 0 Å². The lowest BCUT2D eigenvalue weighted by Gasteiger charge is -2.05. The van der Waals surface area contributed by atoms with Gasteiger partial charge in [-0.15, -0.1) is 0 Å². The number of ketones is 1. The van der Waals surface area contributed by atoms with Gasteiger partial charge in [0.2, 0.25) is 0 Å². The Morgan fingerprint density at radius 2 is 1.92 bits per heavy atom. The zero-order chi connectivity index (χ0) is 9.00. The molecule has 3 saturated carbocycles. The summed E-state index contributed by atoms with van der Waals surface area (Å²) in [6, 6.07) is 1.98. The van der Waals surface area contributed by atoms with Gasteiger partial charge in [-0.1, -0.05) is 0 Å². The third kappa shape index (κ3) is 0.852. The zero-order valence-corrected chi connectivity index (χ0v) is 7.57. The fraction of sp³-hybridized carbons (Fsp3) is 0.818. The van der Waals surface area contributed by atoms with Gasteiger partial charge in [-0.2, -0.15) is 5.26 Å². The van der Waals surface area contributed by atoms with Crippen LogP contribution in [0.25, 0.3) is 0 Å². The van der Waals surface area contributed by atoms with Gasteiger partial charge >= 0.3 is 0 Å². The van der Waals surface area contributed by atoms with Gasteiger partial charge in [0.15, 0.2) is 5.78 Å². The molecule has 3 aliphatic rings. The van der Waals surface area contributed by atoms with E-state index >= 15 is 0 Å². The number of carbonyl (C=O) groups excluding carboxylic acids is 1. The second-order valence-electron chi connectivity index (χ2n) is 4.81. The number of nitriles is 1. The highest BCUT2D eigenvalue weighted by Gasteiger charge is 2.66. The van der Waals surface area contributed by atoms with Crippen molar-refractivity contribution in [1.29, 1.82) is 5.26 Å². The number of Topliss-reactive ketones (excluding diaryl/α,β-unsaturated/α-hetero) is 1. The van der Waals surface area contributed by atoms with Gasteiger partial charge in [-0.25, -0.2) is 0 Å². The van der Waals surface area contributed by atoms with E-state index in [0.29, 0.717) is 17.8 Å². The van der Waals surface area contributed by atoms with Crippen LogP contribution in [0.3, 0.4) is 0 Å². The van der Waals surface area contributed by atoms with Gasteiger partial charge in [-0.05, 0) is 42.9 Å². The van der Waals surface area contributed by atoms with Gasteiger partial charge in [0, 0.05) is 5.92 Å². The van der Waals surface area contributed by atoms with Crippen molar-refractivity contribution in [3.8, 4) is 6.07 Å². The van der Waals surface area contributed by atoms with Gasteiger partial charge in [0.25, 0.3) is 0 Å². The van der Waals surface area contributed by atoms with Crippen LogP contribution in [0, 0.1) is 40.9 Å². The highest BCUT2D eigenvalue weighted by molar-refractivity contribution is 5.86. The minimum Gasteiger partial charge on any atom is -0.298 e. The Balaban J connectivity index is 1.73. The van der Waals surface area contributed by atoms with Crippen molar-refractivity contribution in [1.82, 2.24) is 0 Å². The molecule has 0 amide bonds. The first kappa shape index (κ1) is 7.55. The molecule has 3 fully saturated rings. The second-order valence-corrected chi connectivity index (χ2v) is 4.81. The van der Waals surface area contributed by atoms with Crippen LogP contribution in [-0.2, 0) is 4.79 Å². The summed E-state index contributed by atoms with van der Waals surface area (Å²) in [5, 5.41) is 8.45. The van der Waals surface area contributed by atoms with E-state index in [-0.39, 0.29) is 12.2 Å². The molecule has 0 saturated heterocycles. The quantitative estimate of drug-likeness (QED) is 0.641. The third-order valence-corrected chi connectivity index (χ3v) is 4.36. The highest BCUT2D eigenvalue weighted by atomic mass is 16.1. The van der Waals surface area contributed by atoms with E-state index in [1.54, 1.807) is 0 Å². The molecule has 0 N–H and O–H groups in total. The molecule has 4 unspecified atom stereocenters. The molecule has 3 aliphatic carbocycles. The monoisotopic (exact) mass is 175 g/mol. The zero-order valence-electron chi connectivity index (χ0n) is 7.57. The lowest BCUT2D eigenvalue weighted by Crippen LogP contribution is -2.08. The molecule has 2 heteroatoms. The standard InChI is InChI=1S/C11H13NO/c12-4-3-8(13)11-9-6-1-2-7(5-6)10(9)11/h6-7,9-11H,1-3,5H2. The molecule has 0 aliphatic heterocycles. The van der Waals surface area contributed by atoms with Crippen LogP contribution in [0.2, 0.25) is 0 Å². The fourth-order valence-corrected chi connectivity index (χ4v) is 3.95. The highest BCUT2D eigenvalue weighted by Crippen LogP contribution is 2.69. The maximum absolute atomic E-state index is 11.5.